The maximum Gasteiger partial charge on any atom is 0.239 e. The van der Waals surface area contributed by atoms with E-state index in [-0.39, 0.29) is 24.4 Å². The van der Waals surface area contributed by atoms with Crippen LogP contribution in [0.25, 0.3) is 0 Å². The Labute approximate surface area is 120 Å². The van der Waals surface area contributed by atoms with Crippen molar-refractivity contribution < 1.29 is 9.90 Å². The third-order valence-electron chi connectivity index (χ3n) is 3.45. The number of aliphatic hydroxyl groups excluding tert-OH is 1. The Morgan fingerprint density at radius 3 is 2.74 bits per heavy atom. The molecular weight excluding hydrogens is 264 g/mol. The molecule has 1 aliphatic rings. The van der Waals surface area contributed by atoms with Gasteiger partial charge in [-0.2, -0.15) is 0 Å². The number of halogens is 1. The molecule has 1 fully saturated rings. The van der Waals surface area contributed by atoms with E-state index in [1.54, 1.807) is 11.9 Å². The summed E-state index contributed by atoms with van der Waals surface area (Å²) in [6.45, 7) is 3.17. The molecule has 19 heavy (non-hydrogen) atoms. The van der Waals surface area contributed by atoms with Gasteiger partial charge in [0.05, 0.1) is 12.1 Å². The number of aliphatic hydroxyl groups is 1. The van der Waals surface area contributed by atoms with Gasteiger partial charge in [0.25, 0.3) is 0 Å². The average Bonchev–Trinajstić information content (AvgIpc) is 2.78. The van der Waals surface area contributed by atoms with Gasteiger partial charge in [-0.3, -0.25) is 4.79 Å². The van der Waals surface area contributed by atoms with Crippen molar-refractivity contribution in [1.29, 1.82) is 0 Å². The lowest BCUT2D eigenvalue weighted by molar-refractivity contribution is -0.132. The number of carbonyl (C=O) groups is 1. The lowest BCUT2D eigenvalue weighted by atomic mass is 10.1. The molecule has 1 saturated heterocycles. The van der Waals surface area contributed by atoms with Gasteiger partial charge in [0.2, 0.25) is 5.91 Å². The second-order valence-electron chi connectivity index (χ2n) is 4.97. The van der Waals surface area contributed by atoms with Crippen molar-refractivity contribution in [2.45, 2.75) is 32.0 Å². The van der Waals surface area contributed by atoms with Gasteiger partial charge < -0.3 is 15.3 Å². The lowest BCUT2D eigenvalue weighted by Gasteiger charge is -2.22. The molecule has 0 aliphatic carbocycles. The fourth-order valence-corrected chi connectivity index (χ4v) is 2.29. The van der Waals surface area contributed by atoms with Crippen LogP contribution in [0.15, 0.2) is 24.3 Å². The number of hydrogen-bond acceptors (Lipinski definition) is 3. The molecule has 1 heterocycles. The molecule has 5 heteroatoms. The SMILES string of the molecule is Cc1ccccc1CN(C)C(=O)C1CC(O)CN1.Cl. The summed E-state index contributed by atoms with van der Waals surface area (Å²) in [6, 6.07) is 7.82. The molecule has 2 unspecified atom stereocenters. The van der Waals surface area contributed by atoms with Crippen LogP contribution in [0.4, 0.5) is 0 Å². The normalized spacial score (nSPS) is 21.8. The van der Waals surface area contributed by atoms with Crippen molar-refractivity contribution in [3.8, 4) is 0 Å². The minimum Gasteiger partial charge on any atom is -0.392 e. The maximum absolute atomic E-state index is 12.2. The van der Waals surface area contributed by atoms with Crippen LogP contribution in [-0.2, 0) is 11.3 Å². The standard InChI is InChI=1S/C14H20N2O2.ClH/c1-10-5-3-4-6-11(10)9-16(2)14(18)13-7-12(17)8-15-13;/h3-6,12-13,15,17H,7-9H2,1-2H3;1H. The van der Waals surface area contributed by atoms with Gasteiger partial charge in [-0.1, -0.05) is 24.3 Å². The van der Waals surface area contributed by atoms with E-state index in [0.717, 1.165) is 5.56 Å². The first-order valence-electron chi connectivity index (χ1n) is 6.29. The largest absolute Gasteiger partial charge is 0.392 e. The smallest absolute Gasteiger partial charge is 0.239 e. The molecule has 1 aromatic rings. The summed E-state index contributed by atoms with van der Waals surface area (Å²) in [5.74, 6) is 0.0507. The number of benzene rings is 1. The number of amides is 1. The van der Waals surface area contributed by atoms with Crippen LogP contribution >= 0.6 is 12.4 Å². The molecule has 0 radical (unpaired) electrons. The highest BCUT2D eigenvalue weighted by Crippen LogP contribution is 2.13. The van der Waals surface area contributed by atoms with Gasteiger partial charge in [-0.15, -0.1) is 12.4 Å². The maximum atomic E-state index is 12.2. The third-order valence-corrected chi connectivity index (χ3v) is 3.45. The zero-order valence-corrected chi connectivity index (χ0v) is 12.1. The zero-order valence-electron chi connectivity index (χ0n) is 11.3. The van der Waals surface area contributed by atoms with Crippen LogP contribution < -0.4 is 5.32 Å². The number of hydrogen-bond donors (Lipinski definition) is 2. The second kappa shape index (κ2) is 6.89. The molecule has 1 aliphatic heterocycles. The highest BCUT2D eigenvalue weighted by atomic mass is 35.5. The van der Waals surface area contributed by atoms with Gasteiger partial charge in [0.15, 0.2) is 0 Å². The van der Waals surface area contributed by atoms with Gasteiger partial charge in [-0.25, -0.2) is 0 Å². The van der Waals surface area contributed by atoms with E-state index in [9.17, 15) is 9.90 Å². The Hall–Kier alpha value is -1.10. The highest BCUT2D eigenvalue weighted by molar-refractivity contribution is 5.85. The third kappa shape index (κ3) is 3.93. The lowest BCUT2D eigenvalue weighted by Crippen LogP contribution is -2.41. The number of nitrogens with zero attached hydrogens (tertiary/aromatic N) is 1. The number of likely N-dealkylation sites (N-methyl/N-ethyl adjacent to an activating group) is 1. The average molecular weight is 285 g/mol. The quantitative estimate of drug-likeness (QED) is 0.874. The number of rotatable bonds is 3. The van der Waals surface area contributed by atoms with E-state index >= 15 is 0 Å². The molecule has 0 saturated carbocycles. The zero-order chi connectivity index (χ0) is 13.1. The minimum atomic E-state index is -0.397. The molecule has 0 spiro atoms. The van der Waals surface area contributed by atoms with Crippen molar-refractivity contribution >= 4 is 18.3 Å². The monoisotopic (exact) mass is 284 g/mol. The van der Waals surface area contributed by atoms with Gasteiger partial charge in [-0.05, 0) is 24.5 Å². The molecule has 2 rings (SSSR count). The Morgan fingerprint density at radius 1 is 1.47 bits per heavy atom. The first-order valence-corrected chi connectivity index (χ1v) is 6.29. The first kappa shape index (κ1) is 16.0. The predicted octanol–water partition coefficient (Wildman–Crippen LogP) is 1.10. The van der Waals surface area contributed by atoms with Crippen LogP contribution in [0.2, 0.25) is 0 Å². The molecule has 2 atom stereocenters. The van der Waals surface area contributed by atoms with E-state index in [0.29, 0.717) is 19.5 Å². The van der Waals surface area contributed by atoms with Gasteiger partial charge >= 0.3 is 0 Å². The van der Waals surface area contributed by atoms with Crippen molar-refractivity contribution in [3.63, 3.8) is 0 Å². The fourth-order valence-electron chi connectivity index (χ4n) is 2.29. The molecule has 1 amide bonds. The van der Waals surface area contributed by atoms with Crippen molar-refractivity contribution in [3.05, 3.63) is 35.4 Å². The summed E-state index contributed by atoms with van der Waals surface area (Å²) in [6.07, 6.45) is 0.113. The Morgan fingerprint density at radius 2 is 2.16 bits per heavy atom. The number of β-amino-alcohol motifs (C(OH)–C–C–N with tert-alkyl or cyclic N) is 1. The van der Waals surface area contributed by atoms with Crippen molar-refractivity contribution in [1.82, 2.24) is 10.2 Å². The number of nitrogens with one attached hydrogen (secondary N) is 1. The molecule has 4 nitrogen and oxygen atoms in total. The Kier molecular flexibility index (Phi) is 5.79. The van der Waals surface area contributed by atoms with E-state index in [1.807, 2.05) is 31.2 Å². The van der Waals surface area contributed by atoms with Crippen molar-refractivity contribution in [2.24, 2.45) is 0 Å². The van der Waals surface area contributed by atoms with E-state index in [4.69, 9.17) is 0 Å². The Balaban J connectivity index is 0.00000180. The first-order chi connectivity index (χ1) is 8.58. The minimum absolute atomic E-state index is 0. The summed E-state index contributed by atoms with van der Waals surface area (Å²) in [4.78, 5) is 13.9. The number of aryl methyl sites for hydroxylation is 1. The summed E-state index contributed by atoms with van der Waals surface area (Å²) in [5, 5.41) is 12.5. The van der Waals surface area contributed by atoms with Crippen LogP contribution in [0.1, 0.15) is 17.5 Å². The van der Waals surface area contributed by atoms with Crippen molar-refractivity contribution in [2.75, 3.05) is 13.6 Å². The number of carbonyl (C=O) groups excluding carboxylic acids is 1. The molecule has 0 bridgehead atoms. The van der Waals surface area contributed by atoms with Crippen LogP contribution in [-0.4, -0.2) is 41.7 Å². The van der Waals surface area contributed by atoms with Crippen LogP contribution in [0.3, 0.4) is 0 Å². The molecule has 0 aromatic heterocycles. The van der Waals surface area contributed by atoms with Crippen LogP contribution in [0, 0.1) is 6.92 Å². The summed E-state index contributed by atoms with van der Waals surface area (Å²) in [5.41, 5.74) is 2.35. The topological polar surface area (TPSA) is 52.6 Å². The molecule has 106 valence electrons. The van der Waals surface area contributed by atoms with E-state index in [2.05, 4.69) is 5.32 Å². The summed E-state index contributed by atoms with van der Waals surface area (Å²) in [7, 11) is 1.81. The molecular formula is C14H21ClN2O2. The van der Waals surface area contributed by atoms with Gasteiger partial charge in [0, 0.05) is 20.1 Å². The van der Waals surface area contributed by atoms with Crippen LogP contribution in [0.5, 0.6) is 0 Å². The van der Waals surface area contributed by atoms with E-state index < -0.39 is 6.10 Å². The molecule has 2 N–H and O–H groups in total. The highest BCUT2D eigenvalue weighted by Gasteiger charge is 2.30. The second-order valence-corrected chi connectivity index (χ2v) is 4.97. The van der Waals surface area contributed by atoms with Gasteiger partial charge in [0.1, 0.15) is 0 Å². The Bertz CT molecular complexity index is 439. The molecule has 1 aromatic carbocycles. The fraction of sp³-hybridized carbons (Fsp3) is 0.500. The van der Waals surface area contributed by atoms with E-state index in [1.165, 1.54) is 5.56 Å². The summed E-state index contributed by atoms with van der Waals surface area (Å²) >= 11 is 0. The summed E-state index contributed by atoms with van der Waals surface area (Å²) < 4.78 is 0. The predicted molar refractivity (Wildman–Crippen MR) is 77.3 cm³/mol.